The van der Waals surface area contributed by atoms with Crippen LogP contribution < -0.4 is 15.2 Å². The van der Waals surface area contributed by atoms with Gasteiger partial charge < -0.3 is 15.2 Å². The van der Waals surface area contributed by atoms with Crippen LogP contribution in [0.1, 0.15) is 12.0 Å². The third kappa shape index (κ3) is 5.75. The number of rotatable bonds is 7. The van der Waals surface area contributed by atoms with Gasteiger partial charge in [-0.2, -0.15) is 0 Å². The SMILES string of the molecule is Cl.N=C(N)c1ccc(OCCCOc2ccccc2)cc1. The van der Waals surface area contributed by atoms with E-state index in [0.717, 1.165) is 17.9 Å². The Morgan fingerprint density at radius 3 is 1.90 bits per heavy atom. The maximum absolute atomic E-state index is 7.30. The number of nitrogens with one attached hydrogen (secondary N) is 1. The Morgan fingerprint density at radius 1 is 0.857 bits per heavy atom. The van der Waals surface area contributed by atoms with Gasteiger partial charge in [-0.1, -0.05) is 18.2 Å². The lowest BCUT2D eigenvalue weighted by Gasteiger charge is -2.08. The molecule has 0 amide bonds. The van der Waals surface area contributed by atoms with Gasteiger partial charge in [-0.05, 0) is 36.4 Å². The number of nitrogen functional groups attached to an aromatic ring is 1. The minimum Gasteiger partial charge on any atom is -0.493 e. The molecule has 3 N–H and O–H groups in total. The average Bonchev–Trinajstić information content (AvgIpc) is 2.48. The largest absolute Gasteiger partial charge is 0.493 e. The summed E-state index contributed by atoms with van der Waals surface area (Å²) in [5, 5.41) is 7.30. The van der Waals surface area contributed by atoms with Gasteiger partial charge in [-0.15, -0.1) is 12.4 Å². The highest BCUT2D eigenvalue weighted by atomic mass is 35.5. The molecule has 0 radical (unpaired) electrons. The summed E-state index contributed by atoms with van der Waals surface area (Å²) in [5.41, 5.74) is 6.08. The van der Waals surface area contributed by atoms with Gasteiger partial charge in [0.25, 0.3) is 0 Å². The van der Waals surface area contributed by atoms with Crippen LogP contribution in [0.25, 0.3) is 0 Å². The molecule has 2 rings (SSSR count). The minimum atomic E-state index is 0. The molecule has 2 aromatic carbocycles. The maximum atomic E-state index is 7.30. The normalized spacial score (nSPS) is 9.52. The Kier molecular flexibility index (Phi) is 7.12. The van der Waals surface area contributed by atoms with E-state index in [1.165, 1.54) is 0 Å². The predicted molar refractivity (Wildman–Crippen MR) is 86.8 cm³/mol. The highest BCUT2D eigenvalue weighted by Gasteiger charge is 1.98. The number of nitrogens with two attached hydrogens (primary N) is 1. The second-order valence-electron chi connectivity index (χ2n) is 4.30. The summed E-state index contributed by atoms with van der Waals surface area (Å²) in [5.74, 6) is 1.71. The zero-order chi connectivity index (χ0) is 14.2. The van der Waals surface area contributed by atoms with Crippen molar-refractivity contribution < 1.29 is 9.47 Å². The maximum Gasteiger partial charge on any atom is 0.122 e. The minimum absolute atomic E-state index is 0. The van der Waals surface area contributed by atoms with Gasteiger partial charge >= 0.3 is 0 Å². The molecule has 2 aromatic rings. The molecule has 0 heterocycles. The van der Waals surface area contributed by atoms with Crippen molar-refractivity contribution in [3.05, 3.63) is 60.2 Å². The molecule has 0 aromatic heterocycles. The van der Waals surface area contributed by atoms with Crippen LogP contribution in [0, 0.1) is 5.41 Å². The van der Waals surface area contributed by atoms with E-state index < -0.39 is 0 Å². The van der Waals surface area contributed by atoms with Crippen LogP contribution in [0.3, 0.4) is 0 Å². The van der Waals surface area contributed by atoms with Crippen molar-refractivity contribution in [3.63, 3.8) is 0 Å². The molecule has 4 nitrogen and oxygen atoms in total. The van der Waals surface area contributed by atoms with Gasteiger partial charge in [0.05, 0.1) is 13.2 Å². The van der Waals surface area contributed by atoms with Crippen molar-refractivity contribution in [3.8, 4) is 11.5 Å². The van der Waals surface area contributed by atoms with Crippen LogP contribution in [0.2, 0.25) is 0 Å². The Morgan fingerprint density at radius 2 is 1.38 bits per heavy atom. The van der Waals surface area contributed by atoms with Gasteiger partial charge in [0.2, 0.25) is 0 Å². The summed E-state index contributed by atoms with van der Waals surface area (Å²) in [6, 6.07) is 16.9. The summed E-state index contributed by atoms with van der Waals surface area (Å²) < 4.78 is 11.2. The lowest BCUT2D eigenvalue weighted by molar-refractivity contribution is 0.247. The Labute approximate surface area is 130 Å². The van der Waals surface area contributed by atoms with Gasteiger partial charge in [-0.25, -0.2) is 0 Å². The number of amidine groups is 1. The second kappa shape index (κ2) is 8.87. The zero-order valence-corrected chi connectivity index (χ0v) is 12.4. The van der Waals surface area contributed by atoms with Crippen molar-refractivity contribution in [2.24, 2.45) is 5.73 Å². The van der Waals surface area contributed by atoms with Crippen LogP contribution in [0.4, 0.5) is 0 Å². The number of halogens is 1. The molecule has 112 valence electrons. The molecule has 0 aliphatic rings. The number of ether oxygens (including phenoxy) is 2. The predicted octanol–water partition coefficient (Wildman–Crippen LogP) is 3.24. The highest BCUT2D eigenvalue weighted by Crippen LogP contribution is 2.12. The zero-order valence-electron chi connectivity index (χ0n) is 11.6. The topological polar surface area (TPSA) is 68.3 Å². The molecule has 0 saturated carbocycles. The third-order valence-corrected chi connectivity index (χ3v) is 2.73. The van der Waals surface area contributed by atoms with E-state index in [-0.39, 0.29) is 18.2 Å². The van der Waals surface area contributed by atoms with Crippen LogP contribution in [0.5, 0.6) is 11.5 Å². The van der Waals surface area contributed by atoms with Gasteiger partial charge in [0.1, 0.15) is 17.3 Å². The number of hydrogen-bond acceptors (Lipinski definition) is 3. The first-order chi connectivity index (χ1) is 9.75. The number of hydrogen-bond donors (Lipinski definition) is 2. The number of para-hydroxylation sites is 1. The first-order valence-electron chi connectivity index (χ1n) is 6.51. The van der Waals surface area contributed by atoms with Crippen molar-refractivity contribution in [1.82, 2.24) is 0 Å². The standard InChI is InChI=1S/C16H18N2O2.ClH/c17-16(18)13-7-9-15(10-8-13)20-12-4-11-19-14-5-2-1-3-6-14;/h1-3,5-10H,4,11-12H2,(H3,17,18);1H. The first kappa shape index (κ1) is 16.9. The average molecular weight is 307 g/mol. The van der Waals surface area contributed by atoms with Gasteiger partial charge in [0, 0.05) is 12.0 Å². The molecule has 0 unspecified atom stereocenters. The van der Waals surface area contributed by atoms with Gasteiger partial charge in [0.15, 0.2) is 0 Å². The summed E-state index contributed by atoms with van der Waals surface area (Å²) >= 11 is 0. The van der Waals surface area contributed by atoms with E-state index in [9.17, 15) is 0 Å². The van der Waals surface area contributed by atoms with Gasteiger partial charge in [-0.3, -0.25) is 5.41 Å². The van der Waals surface area contributed by atoms with E-state index in [2.05, 4.69) is 0 Å². The quantitative estimate of drug-likeness (QED) is 0.469. The molecule has 0 bridgehead atoms. The summed E-state index contributed by atoms with van der Waals surface area (Å²) in [4.78, 5) is 0. The summed E-state index contributed by atoms with van der Waals surface area (Å²) in [6.45, 7) is 1.21. The summed E-state index contributed by atoms with van der Waals surface area (Å²) in [7, 11) is 0. The first-order valence-corrected chi connectivity index (χ1v) is 6.51. The lowest BCUT2D eigenvalue weighted by atomic mass is 10.2. The van der Waals surface area contributed by atoms with Crippen LogP contribution in [-0.2, 0) is 0 Å². The van der Waals surface area contributed by atoms with Crippen molar-refractivity contribution >= 4 is 18.2 Å². The second-order valence-corrected chi connectivity index (χ2v) is 4.30. The lowest BCUT2D eigenvalue weighted by Crippen LogP contribution is -2.10. The van der Waals surface area contributed by atoms with Crippen LogP contribution >= 0.6 is 12.4 Å². The fourth-order valence-corrected chi connectivity index (χ4v) is 1.69. The smallest absolute Gasteiger partial charge is 0.122 e. The molecule has 0 aliphatic heterocycles. The summed E-state index contributed by atoms with van der Waals surface area (Å²) in [6.07, 6.45) is 0.809. The van der Waals surface area contributed by atoms with E-state index in [4.69, 9.17) is 20.6 Å². The fourth-order valence-electron chi connectivity index (χ4n) is 1.69. The van der Waals surface area contributed by atoms with Crippen molar-refractivity contribution in [2.75, 3.05) is 13.2 Å². The molecule has 0 aliphatic carbocycles. The Bertz CT molecular complexity index is 544. The number of benzene rings is 2. The molecule has 5 heteroatoms. The molecule has 0 fully saturated rings. The Balaban J connectivity index is 0.00000220. The van der Waals surface area contributed by atoms with Crippen molar-refractivity contribution in [1.29, 1.82) is 5.41 Å². The fraction of sp³-hybridized carbons (Fsp3) is 0.188. The molecule has 0 atom stereocenters. The third-order valence-electron chi connectivity index (χ3n) is 2.73. The molecule has 0 spiro atoms. The van der Waals surface area contributed by atoms with E-state index in [1.807, 2.05) is 42.5 Å². The molecule has 21 heavy (non-hydrogen) atoms. The van der Waals surface area contributed by atoms with Crippen LogP contribution in [0.15, 0.2) is 54.6 Å². The van der Waals surface area contributed by atoms with E-state index in [1.54, 1.807) is 12.1 Å². The van der Waals surface area contributed by atoms with Crippen molar-refractivity contribution in [2.45, 2.75) is 6.42 Å². The molecular weight excluding hydrogens is 288 g/mol. The molecule has 0 saturated heterocycles. The monoisotopic (exact) mass is 306 g/mol. The Hall–Kier alpha value is -2.20. The highest BCUT2D eigenvalue weighted by molar-refractivity contribution is 5.94. The van der Waals surface area contributed by atoms with E-state index >= 15 is 0 Å². The van der Waals surface area contributed by atoms with Crippen LogP contribution in [-0.4, -0.2) is 19.0 Å². The molecular formula is C16H19ClN2O2. The van der Waals surface area contributed by atoms with E-state index in [0.29, 0.717) is 18.8 Å².